The topological polar surface area (TPSA) is 71.3 Å². The number of hydrogen-bond acceptors (Lipinski definition) is 5. The minimum atomic E-state index is -3.59. The van der Waals surface area contributed by atoms with Gasteiger partial charge < -0.3 is 4.90 Å². The molecule has 3 heterocycles. The summed E-state index contributed by atoms with van der Waals surface area (Å²) < 4.78 is 41.6. The molecule has 0 saturated carbocycles. The molecule has 1 saturated heterocycles. The third-order valence-electron chi connectivity index (χ3n) is 4.16. The molecule has 9 heteroatoms. The second-order valence-corrected chi connectivity index (χ2v) is 7.87. The van der Waals surface area contributed by atoms with Gasteiger partial charge in [-0.2, -0.15) is 9.40 Å². The molecule has 1 aliphatic heterocycles. The molecule has 2 aromatic rings. The van der Waals surface area contributed by atoms with Crippen molar-refractivity contribution in [2.24, 2.45) is 7.05 Å². The molecule has 0 amide bonds. The first-order valence-electron chi connectivity index (χ1n) is 7.68. The molecule has 0 radical (unpaired) electrons. The van der Waals surface area contributed by atoms with E-state index in [-0.39, 0.29) is 16.9 Å². The summed E-state index contributed by atoms with van der Waals surface area (Å²) in [5, 5.41) is 4.31. The lowest BCUT2D eigenvalue weighted by molar-refractivity contribution is 0.338. The largest absolute Gasteiger partial charge is 0.351 e. The van der Waals surface area contributed by atoms with Crippen molar-refractivity contribution in [2.75, 3.05) is 24.5 Å². The Morgan fingerprint density at radius 1 is 1.29 bits per heavy atom. The van der Waals surface area contributed by atoms with Crippen molar-refractivity contribution in [1.29, 1.82) is 0 Å². The molecule has 0 aliphatic carbocycles. The van der Waals surface area contributed by atoms with Crippen LogP contribution in [0.2, 0.25) is 0 Å². The van der Waals surface area contributed by atoms with Crippen molar-refractivity contribution < 1.29 is 12.8 Å². The summed E-state index contributed by atoms with van der Waals surface area (Å²) in [4.78, 5) is 6.07. The van der Waals surface area contributed by atoms with Gasteiger partial charge in [0.15, 0.2) is 5.03 Å². The zero-order chi connectivity index (χ0) is 17.5. The minimum Gasteiger partial charge on any atom is -0.351 e. The van der Waals surface area contributed by atoms with Gasteiger partial charge in [-0.15, -0.1) is 0 Å². The van der Waals surface area contributed by atoms with Crippen LogP contribution < -0.4 is 4.90 Å². The van der Waals surface area contributed by atoms with E-state index in [0.717, 1.165) is 0 Å². The summed E-state index contributed by atoms with van der Waals surface area (Å²) in [5.41, 5.74) is 0.665. The van der Waals surface area contributed by atoms with Gasteiger partial charge in [-0.05, 0) is 32.0 Å². The molecule has 3 rings (SSSR count). The van der Waals surface area contributed by atoms with Crippen molar-refractivity contribution in [3.05, 3.63) is 35.9 Å². The van der Waals surface area contributed by atoms with Crippen LogP contribution in [0.3, 0.4) is 0 Å². The summed E-state index contributed by atoms with van der Waals surface area (Å²) in [6, 6.07) is 4.48. The molecule has 0 bridgehead atoms. The van der Waals surface area contributed by atoms with E-state index in [0.29, 0.717) is 31.1 Å². The monoisotopic (exact) mass is 353 g/mol. The number of aryl methyl sites for hydroxylation is 2. The maximum absolute atomic E-state index is 13.0. The summed E-state index contributed by atoms with van der Waals surface area (Å²) >= 11 is 0. The molecule has 24 heavy (non-hydrogen) atoms. The van der Waals surface area contributed by atoms with E-state index in [1.807, 2.05) is 11.8 Å². The van der Waals surface area contributed by atoms with E-state index in [9.17, 15) is 12.8 Å². The average molecular weight is 353 g/mol. The Labute approximate surface area is 140 Å². The lowest BCUT2D eigenvalue weighted by atomic mass is 10.2. The quantitative estimate of drug-likeness (QED) is 0.828. The van der Waals surface area contributed by atoms with Gasteiger partial charge in [0.05, 0.1) is 11.9 Å². The second kappa shape index (κ2) is 6.14. The maximum Gasteiger partial charge on any atom is 0.260 e. The molecule has 1 atom stereocenters. The molecule has 2 aromatic heterocycles. The minimum absolute atomic E-state index is 0.0687. The van der Waals surface area contributed by atoms with Crippen molar-refractivity contribution in [2.45, 2.75) is 24.9 Å². The van der Waals surface area contributed by atoms with Gasteiger partial charge in [-0.25, -0.2) is 17.8 Å². The number of hydrogen-bond donors (Lipinski definition) is 0. The normalized spacial score (nSPS) is 19.7. The molecular formula is C15H20FN5O2S. The highest BCUT2D eigenvalue weighted by Crippen LogP contribution is 2.23. The molecule has 0 N–H and O–H groups in total. The first kappa shape index (κ1) is 16.8. The summed E-state index contributed by atoms with van der Waals surface area (Å²) in [5.74, 6) is 0.261. The molecule has 1 aliphatic rings. The standard InChI is InChI=1S/C15H20FN5O2S/c1-11-8-15(19(3)18-11)24(22,23)20-6-7-21(12(2)10-20)14-5-4-13(16)9-17-14/h4-5,8-9,12H,6-7,10H2,1-3H3. The Hall–Kier alpha value is -2.00. The van der Waals surface area contributed by atoms with Crippen molar-refractivity contribution in [3.63, 3.8) is 0 Å². The number of rotatable bonds is 3. The maximum atomic E-state index is 13.0. The third kappa shape index (κ3) is 3.01. The van der Waals surface area contributed by atoms with E-state index in [4.69, 9.17) is 0 Å². The number of aromatic nitrogens is 3. The average Bonchev–Trinajstić information content (AvgIpc) is 2.87. The van der Waals surface area contributed by atoms with Crippen LogP contribution in [0.25, 0.3) is 0 Å². The van der Waals surface area contributed by atoms with Gasteiger partial charge >= 0.3 is 0 Å². The van der Waals surface area contributed by atoms with E-state index in [1.165, 1.54) is 21.3 Å². The summed E-state index contributed by atoms with van der Waals surface area (Å²) in [7, 11) is -1.96. The number of halogens is 1. The van der Waals surface area contributed by atoms with Crippen LogP contribution in [0.15, 0.2) is 29.4 Å². The van der Waals surface area contributed by atoms with Crippen LogP contribution in [-0.4, -0.2) is 53.2 Å². The Balaban J connectivity index is 1.80. The van der Waals surface area contributed by atoms with Crippen LogP contribution in [0.4, 0.5) is 10.2 Å². The summed E-state index contributed by atoms with van der Waals surface area (Å²) in [6.45, 7) is 4.87. The molecule has 7 nitrogen and oxygen atoms in total. The van der Waals surface area contributed by atoms with Crippen LogP contribution in [0.5, 0.6) is 0 Å². The fourth-order valence-electron chi connectivity index (χ4n) is 2.98. The van der Waals surface area contributed by atoms with Gasteiger partial charge in [0.25, 0.3) is 10.0 Å². The van der Waals surface area contributed by atoms with Gasteiger partial charge in [0.2, 0.25) is 0 Å². The van der Waals surface area contributed by atoms with Crippen LogP contribution >= 0.6 is 0 Å². The van der Waals surface area contributed by atoms with Gasteiger partial charge in [-0.1, -0.05) is 0 Å². The highest BCUT2D eigenvalue weighted by molar-refractivity contribution is 7.89. The summed E-state index contributed by atoms with van der Waals surface area (Å²) in [6.07, 6.45) is 1.17. The lowest BCUT2D eigenvalue weighted by Crippen LogP contribution is -2.54. The molecule has 1 unspecified atom stereocenters. The second-order valence-electron chi connectivity index (χ2n) is 5.99. The Morgan fingerprint density at radius 3 is 2.58 bits per heavy atom. The van der Waals surface area contributed by atoms with E-state index in [2.05, 4.69) is 10.1 Å². The van der Waals surface area contributed by atoms with Crippen LogP contribution in [0, 0.1) is 12.7 Å². The number of piperazine rings is 1. The van der Waals surface area contributed by atoms with Crippen LogP contribution in [-0.2, 0) is 17.1 Å². The number of sulfonamides is 1. The molecular weight excluding hydrogens is 333 g/mol. The van der Waals surface area contributed by atoms with Crippen molar-refractivity contribution in [3.8, 4) is 0 Å². The zero-order valence-electron chi connectivity index (χ0n) is 13.8. The fourth-order valence-corrected chi connectivity index (χ4v) is 4.67. The number of pyridine rings is 1. The Morgan fingerprint density at radius 2 is 2.04 bits per heavy atom. The number of anilines is 1. The van der Waals surface area contributed by atoms with E-state index >= 15 is 0 Å². The third-order valence-corrected chi connectivity index (χ3v) is 6.08. The van der Waals surface area contributed by atoms with Crippen molar-refractivity contribution in [1.82, 2.24) is 19.1 Å². The van der Waals surface area contributed by atoms with Crippen LogP contribution in [0.1, 0.15) is 12.6 Å². The first-order chi connectivity index (χ1) is 11.3. The zero-order valence-corrected chi connectivity index (χ0v) is 14.7. The van der Waals surface area contributed by atoms with Crippen molar-refractivity contribution >= 4 is 15.8 Å². The predicted molar refractivity (Wildman–Crippen MR) is 87.7 cm³/mol. The van der Waals surface area contributed by atoms with Gasteiger partial charge in [-0.3, -0.25) is 4.68 Å². The first-order valence-corrected chi connectivity index (χ1v) is 9.12. The lowest BCUT2D eigenvalue weighted by Gasteiger charge is -2.39. The Bertz CT molecular complexity index is 834. The predicted octanol–water partition coefficient (Wildman–Crippen LogP) is 1.16. The van der Waals surface area contributed by atoms with E-state index in [1.54, 1.807) is 26.1 Å². The smallest absolute Gasteiger partial charge is 0.260 e. The number of nitrogens with zero attached hydrogens (tertiary/aromatic N) is 5. The molecule has 0 spiro atoms. The SMILES string of the molecule is Cc1cc(S(=O)(=O)N2CCN(c3ccc(F)cn3)C(C)C2)n(C)n1. The molecule has 130 valence electrons. The molecule has 0 aromatic carbocycles. The highest BCUT2D eigenvalue weighted by Gasteiger charge is 2.34. The van der Waals surface area contributed by atoms with E-state index < -0.39 is 10.0 Å². The van der Waals surface area contributed by atoms with Gasteiger partial charge in [0.1, 0.15) is 11.6 Å². The molecule has 1 fully saturated rings. The Kier molecular flexibility index (Phi) is 4.31. The fraction of sp³-hybridized carbons (Fsp3) is 0.467. The highest BCUT2D eigenvalue weighted by atomic mass is 32.2. The van der Waals surface area contributed by atoms with Gasteiger partial charge in [0, 0.05) is 32.7 Å².